The molecular formula is C16H13ClN4O2S. The number of anilines is 2. The third-order valence-corrected chi connectivity index (χ3v) is 4.11. The van der Waals surface area contributed by atoms with Crippen LogP contribution in [0.4, 0.5) is 10.3 Å². The number of hydrogen-bond acceptors (Lipinski definition) is 6. The van der Waals surface area contributed by atoms with Crippen LogP contribution in [0.1, 0.15) is 11.3 Å². The SMILES string of the molecule is O=C(C=Cc1ccccc1Cl)Nc1nnc(NCc2ccco2)s1. The van der Waals surface area contributed by atoms with E-state index < -0.39 is 0 Å². The van der Waals surface area contributed by atoms with Crippen LogP contribution in [0, 0.1) is 0 Å². The number of benzene rings is 1. The number of amides is 1. The normalized spacial score (nSPS) is 10.9. The van der Waals surface area contributed by atoms with Crippen LogP contribution in [0.3, 0.4) is 0 Å². The summed E-state index contributed by atoms with van der Waals surface area (Å²) in [5.74, 6) is 0.488. The van der Waals surface area contributed by atoms with Crippen LogP contribution in [-0.2, 0) is 11.3 Å². The number of carbonyl (C=O) groups excluding carboxylic acids is 1. The number of nitrogens with one attached hydrogen (secondary N) is 2. The van der Waals surface area contributed by atoms with Crippen LogP contribution < -0.4 is 10.6 Å². The second kappa shape index (κ2) is 7.76. The molecule has 0 radical (unpaired) electrons. The highest BCUT2D eigenvalue weighted by molar-refractivity contribution is 7.19. The first-order chi connectivity index (χ1) is 11.7. The third-order valence-electron chi connectivity index (χ3n) is 2.97. The van der Waals surface area contributed by atoms with Crippen LogP contribution in [0.25, 0.3) is 6.08 Å². The van der Waals surface area contributed by atoms with Crippen LogP contribution in [0.2, 0.25) is 5.02 Å². The fourth-order valence-electron chi connectivity index (χ4n) is 1.84. The smallest absolute Gasteiger partial charge is 0.250 e. The molecule has 0 atom stereocenters. The molecule has 0 fully saturated rings. The summed E-state index contributed by atoms with van der Waals surface area (Å²) >= 11 is 7.27. The van der Waals surface area contributed by atoms with Crippen molar-refractivity contribution in [2.75, 3.05) is 10.6 Å². The highest BCUT2D eigenvalue weighted by atomic mass is 35.5. The molecule has 24 heavy (non-hydrogen) atoms. The van der Waals surface area contributed by atoms with Crippen LogP contribution in [0.5, 0.6) is 0 Å². The summed E-state index contributed by atoms with van der Waals surface area (Å²) in [4.78, 5) is 11.9. The average Bonchev–Trinajstić information content (AvgIpc) is 3.24. The van der Waals surface area contributed by atoms with Crippen molar-refractivity contribution in [3.05, 3.63) is 65.1 Å². The number of aromatic nitrogens is 2. The molecule has 0 unspecified atom stereocenters. The van der Waals surface area contributed by atoms with Gasteiger partial charge in [-0.2, -0.15) is 0 Å². The van der Waals surface area contributed by atoms with E-state index in [4.69, 9.17) is 16.0 Å². The lowest BCUT2D eigenvalue weighted by molar-refractivity contribution is -0.111. The number of nitrogens with zero attached hydrogens (tertiary/aromatic N) is 2. The zero-order valence-electron chi connectivity index (χ0n) is 12.4. The van der Waals surface area contributed by atoms with E-state index in [9.17, 15) is 4.79 Å². The predicted molar refractivity (Wildman–Crippen MR) is 95.1 cm³/mol. The van der Waals surface area contributed by atoms with Gasteiger partial charge in [0.05, 0.1) is 12.8 Å². The first-order valence-corrected chi connectivity index (χ1v) is 8.23. The molecule has 0 aliphatic carbocycles. The quantitative estimate of drug-likeness (QED) is 0.648. The fraction of sp³-hybridized carbons (Fsp3) is 0.0625. The molecule has 0 saturated carbocycles. The Balaban J connectivity index is 1.54. The lowest BCUT2D eigenvalue weighted by Gasteiger charge is -1.98. The largest absolute Gasteiger partial charge is 0.467 e. The summed E-state index contributed by atoms with van der Waals surface area (Å²) in [6, 6.07) is 10.9. The van der Waals surface area contributed by atoms with E-state index >= 15 is 0 Å². The Hall–Kier alpha value is -2.64. The Morgan fingerprint density at radius 1 is 1.21 bits per heavy atom. The van der Waals surface area contributed by atoms with Crippen molar-refractivity contribution in [3.8, 4) is 0 Å². The Morgan fingerprint density at radius 3 is 2.83 bits per heavy atom. The number of rotatable bonds is 6. The first kappa shape index (κ1) is 16.2. The number of carbonyl (C=O) groups is 1. The maximum absolute atomic E-state index is 11.9. The summed E-state index contributed by atoms with van der Waals surface area (Å²) < 4.78 is 5.21. The highest BCUT2D eigenvalue weighted by Crippen LogP contribution is 2.21. The molecule has 2 heterocycles. The van der Waals surface area contributed by atoms with Crippen LogP contribution in [0.15, 0.2) is 53.2 Å². The molecule has 2 aromatic heterocycles. The summed E-state index contributed by atoms with van der Waals surface area (Å²) in [5.41, 5.74) is 0.771. The van der Waals surface area contributed by atoms with Crippen molar-refractivity contribution in [1.29, 1.82) is 0 Å². The molecule has 1 amide bonds. The maximum Gasteiger partial charge on any atom is 0.250 e. The van der Waals surface area contributed by atoms with Crippen molar-refractivity contribution in [2.24, 2.45) is 0 Å². The van der Waals surface area contributed by atoms with Gasteiger partial charge in [-0.05, 0) is 29.8 Å². The van der Waals surface area contributed by atoms with E-state index in [1.807, 2.05) is 30.3 Å². The molecule has 3 rings (SSSR count). The monoisotopic (exact) mass is 360 g/mol. The lowest BCUT2D eigenvalue weighted by atomic mass is 10.2. The van der Waals surface area contributed by atoms with Crippen molar-refractivity contribution < 1.29 is 9.21 Å². The van der Waals surface area contributed by atoms with Gasteiger partial charge in [0, 0.05) is 11.1 Å². The zero-order chi connectivity index (χ0) is 16.8. The predicted octanol–water partition coefficient (Wildman–Crippen LogP) is 4.05. The molecule has 122 valence electrons. The van der Waals surface area contributed by atoms with Gasteiger partial charge >= 0.3 is 0 Å². The second-order valence-electron chi connectivity index (χ2n) is 4.69. The Bertz CT molecular complexity index is 845. The van der Waals surface area contributed by atoms with Gasteiger partial charge in [0.2, 0.25) is 16.2 Å². The van der Waals surface area contributed by atoms with E-state index in [0.29, 0.717) is 21.8 Å². The molecule has 8 heteroatoms. The summed E-state index contributed by atoms with van der Waals surface area (Å²) in [6.45, 7) is 0.502. The summed E-state index contributed by atoms with van der Waals surface area (Å²) in [5, 5.41) is 15.2. The second-order valence-corrected chi connectivity index (χ2v) is 6.07. The molecule has 0 aliphatic heterocycles. The molecule has 0 bridgehead atoms. The molecule has 2 N–H and O–H groups in total. The minimum Gasteiger partial charge on any atom is -0.467 e. The van der Waals surface area contributed by atoms with Crippen molar-refractivity contribution in [1.82, 2.24) is 10.2 Å². The molecule has 0 aliphatic rings. The zero-order valence-corrected chi connectivity index (χ0v) is 14.0. The van der Waals surface area contributed by atoms with Crippen LogP contribution >= 0.6 is 22.9 Å². The summed E-state index contributed by atoms with van der Waals surface area (Å²) in [6.07, 6.45) is 4.65. The van der Waals surface area contributed by atoms with Gasteiger partial charge in [0.25, 0.3) is 0 Å². The van der Waals surface area contributed by atoms with E-state index in [1.165, 1.54) is 17.4 Å². The number of hydrogen-bond donors (Lipinski definition) is 2. The molecule has 0 saturated heterocycles. The standard InChI is InChI=1S/C16H13ClN4O2S/c17-13-6-2-1-4-11(13)7-8-14(22)19-16-21-20-15(24-16)18-10-12-5-3-9-23-12/h1-9H,10H2,(H,18,20)(H,19,21,22). The van der Waals surface area contributed by atoms with Gasteiger partial charge in [0.15, 0.2) is 0 Å². The Labute approximate surface area is 147 Å². The van der Waals surface area contributed by atoms with Crippen molar-refractivity contribution >= 4 is 45.2 Å². The van der Waals surface area contributed by atoms with Gasteiger partial charge < -0.3 is 9.73 Å². The van der Waals surface area contributed by atoms with Gasteiger partial charge in [-0.15, -0.1) is 10.2 Å². The van der Waals surface area contributed by atoms with Crippen molar-refractivity contribution in [2.45, 2.75) is 6.54 Å². The van der Waals surface area contributed by atoms with E-state index in [-0.39, 0.29) is 5.91 Å². The topological polar surface area (TPSA) is 80.0 Å². The van der Waals surface area contributed by atoms with Crippen LogP contribution in [-0.4, -0.2) is 16.1 Å². The van der Waals surface area contributed by atoms with E-state index in [2.05, 4.69) is 20.8 Å². The Morgan fingerprint density at radius 2 is 2.04 bits per heavy atom. The molecule has 3 aromatic rings. The first-order valence-electron chi connectivity index (χ1n) is 7.04. The van der Waals surface area contributed by atoms with E-state index in [0.717, 1.165) is 11.3 Å². The van der Waals surface area contributed by atoms with E-state index in [1.54, 1.807) is 18.4 Å². The fourth-order valence-corrected chi connectivity index (χ4v) is 2.68. The van der Waals surface area contributed by atoms with Gasteiger partial charge in [-0.3, -0.25) is 10.1 Å². The van der Waals surface area contributed by atoms with Gasteiger partial charge in [0.1, 0.15) is 5.76 Å². The average molecular weight is 361 g/mol. The summed E-state index contributed by atoms with van der Waals surface area (Å²) in [7, 11) is 0. The minimum absolute atomic E-state index is 0.302. The molecule has 1 aromatic carbocycles. The third kappa shape index (κ3) is 4.43. The molecule has 6 nitrogen and oxygen atoms in total. The minimum atomic E-state index is -0.302. The van der Waals surface area contributed by atoms with Gasteiger partial charge in [-0.25, -0.2) is 0 Å². The molecule has 0 spiro atoms. The number of furan rings is 1. The highest BCUT2D eigenvalue weighted by Gasteiger charge is 2.07. The van der Waals surface area contributed by atoms with Gasteiger partial charge in [-0.1, -0.05) is 41.1 Å². The van der Waals surface area contributed by atoms with Crippen molar-refractivity contribution in [3.63, 3.8) is 0 Å². The maximum atomic E-state index is 11.9. The number of halogens is 1. The lowest BCUT2D eigenvalue weighted by Crippen LogP contribution is -2.07. The Kier molecular flexibility index (Phi) is 5.25. The molecular weight excluding hydrogens is 348 g/mol.